The standard InChI is InChI=1S/C27H22Cl2N2O5/c1-30-24(35)26(28)13-18-15(21(27(26,29)25(30)36)16-9-5-6-10-19(16)32)11-12-17-20(18)23(34)31(22(17)33)14-7-3-2-4-8-14/h2-11,17-18,20-21,32H,12-13H2,1H3. The molecule has 1 saturated carbocycles. The number of alkyl halides is 2. The number of carbonyl (C=O) groups excluding carboxylic acids is 4. The average Bonchev–Trinajstić information content (AvgIpc) is 3.20. The second-order valence-corrected chi connectivity index (χ2v) is 11.1. The zero-order valence-electron chi connectivity index (χ0n) is 19.2. The third-order valence-corrected chi connectivity index (χ3v) is 9.69. The summed E-state index contributed by atoms with van der Waals surface area (Å²) in [4.78, 5) is 52.4. The zero-order valence-corrected chi connectivity index (χ0v) is 20.7. The summed E-state index contributed by atoms with van der Waals surface area (Å²) >= 11 is 14.2. The van der Waals surface area contributed by atoms with Gasteiger partial charge in [-0.15, -0.1) is 23.2 Å². The number of nitrogens with zero attached hydrogens (tertiary/aromatic N) is 2. The smallest absolute Gasteiger partial charge is 0.253 e. The van der Waals surface area contributed by atoms with Crippen molar-refractivity contribution in [3.8, 4) is 5.75 Å². The van der Waals surface area contributed by atoms with E-state index in [4.69, 9.17) is 23.2 Å². The lowest BCUT2D eigenvalue weighted by molar-refractivity contribution is -0.138. The number of fused-ring (bicyclic) bond motifs is 4. The summed E-state index contributed by atoms with van der Waals surface area (Å²) in [7, 11) is 1.33. The van der Waals surface area contributed by atoms with Crippen LogP contribution in [0.2, 0.25) is 0 Å². The van der Waals surface area contributed by atoms with Gasteiger partial charge >= 0.3 is 0 Å². The molecule has 3 fully saturated rings. The topological polar surface area (TPSA) is 95.0 Å². The third-order valence-electron chi connectivity index (χ3n) is 8.28. The van der Waals surface area contributed by atoms with Crippen LogP contribution in [-0.4, -0.2) is 50.4 Å². The number of amides is 4. The summed E-state index contributed by atoms with van der Waals surface area (Å²) in [6.07, 6.45) is 2.04. The van der Waals surface area contributed by atoms with Crippen LogP contribution in [0.4, 0.5) is 5.69 Å². The van der Waals surface area contributed by atoms with E-state index in [1.807, 2.05) is 6.08 Å². The maximum Gasteiger partial charge on any atom is 0.253 e. The van der Waals surface area contributed by atoms with E-state index < -0.39 is 45.2 Å². The SMILES string of the molecule is CN1C(=O)C2(Cl)CC3C(=CCC4C(=O)N(c5ccccc5)C(=O)C43)C(c3ccccc3O)C2(Cl)C1=O. The molecule has 6 unspecified atom stereocenters. The number of benzene rings is 2. The van der Waals surface area contributed by atoms with Gasteiger partial charge in [-0.3, -0.25) is 29.0 Å². The molecule has 2 aromatic carbocycles. The Hall–Kier alpha value is -3.16. The lowest BCUT2D eigenvalue weighted by Crippen LogP contribution is -2.60. The molecule has 2 aliphatic heterocycles. The molecule has 0 bridgehead atoms. The Labute approximate surface area is 217 Å². The number of carbonyl (C=O) groups is 4. The first-order chi connectivity index (χ1) is 17.1. The first-order valence-electron chi connectivity index (χ1n) is 11.7. The third kappa shape index (κ3) is 2.70. The van der Waals surface area contributed by atoms with Crippen LogP contribution in [0.15, 0.2) is 66.2 Å². The fraction of sp³-hybridized carbons (Fsp3) is 0.333. The fourth-order valence-electron chi connectivity index (χ4n) is 6.65. The van der Waals surface area contributed by atoms with Gasteiger partial charge < -0.3 is 5.11 Å². The summed E-state index contributed by atoms with van der Waals surface area (Å²) in [5.74, 6) is -5.04. The van der Waals surface area contributed by atoms with Crippen LogP contribution in [0, 0.1) is 17.8 Å². The maximum atomic E-state index is 13.8. The van der Waals surface area contributed by atoms with Gasteiger partial charge in [0.1, 0.15) is 5.75 Å². The Morgan fingerprint density at radius 3 is 2.25 bits per heavy atom. The second kappa shape index (κ2) is 7.67. The van der Waals surface area contributed by atoms with Crippen molar-refractivity contribution in [3.63, 3.8) is 0 Å². The summed E-state index contributed by atoms with van der Waals surface area (Å²) in [5, 5.41) is 10.8. The Morgan fingerprint density at radius 2 is 1.56 bits per heavy atom. The van der Waals surface area contributed by atoms with Gasteiger partial charge in [0.05, 0.1) is 17.5 Å². The van der Waals surface area contributed by atoms with E-state index in [2.05, 4.69) is 0 Å². The van der Waals surface area contributed by atoms with Crippen LogP contribution >= 0.6 is 23.2 Å². The van der Waals surface area contributed by atoms with Gasteiger partial charge in [0.25, 0.3) is 11.8 Å². The average molecular weight is 525 g/mol. The Balaban J connectivity index is 1.54. The molecule has 0 radical (unpaired) electrons. The largest absolute Gasteiger partial charge is 0.508 e. The van der Waals surface area contributed by atoms with E-state index in [-0.39, 0.29) is 30.4 Å². The van der Waals surface area contributed by atoms with Crippen molar-refractivity contribution in [1.29, 1.82) is 0 Å². The summed E-state index contributed by atoms with van der Waals surface area (Å²) in [6.45, 7) is 0. The minimum Gasteiger partial charge on any atom is -0.508 e. The molecule has 7 nitrogen and oxygen atoms in total. The molecule has 2 aromatic rings. The molecule has 4 aliphatic rings. The van der Waals surface area contributed by atoms with Gasteiger partial charge in [0.15, 0.2) is 9.75 Å². The van der Waals surface area contributed by atoms with E-state index in [0.717, 1.165) is 4.90 Å². The number of rotatable bonds is 2. The number of hydrogen-bond donors (Lipinski definition) is 1. The lowest BCUT2D eigenvalue weighted by Gasteiger charge is -2.50. The molecule has 6 rings (SSSR count). The number of para-hydroxylation sites is 2. The van der Waals surface area contributed by atoms with Crippen LogP contribution in [0.5, 0.6) is 5.75 Å². The van der Waals surface area contributed by atoms with E-state index in [1.54, 1.807) is 48.5 Å². The first kappa shape index (κ1) is 23.3. The minimum absolute atomic E-state index is 0.0777. The number of halogens is 2. The Bertz CT molecular complexity index is 1380. The predicted octanol–water partition coefficient (Wildman–Crippen LogP) is 3.59. The van der Waals surface area contributed by atoms with Crippen molar-refractivity contribution in [2.45, 2.75) is 28.5 Å². The van der Waals surface area contributed by atoms with Crippen LogP contribution in [0.25, 0.3) is 0 Å². The summed E-state index contributed by atoms with van der Waals surface area (Å²) < 4.78 is 0. The van der Waals surface area contributed by atoms with Crippen molar-refractivity contribution in [1.82, 2.24) is 4.90 Å². The molecule has 36 heavy (non-hydrogen) atoms. The Kier molecular flexibility index (Phi) is 4.95. The number of imide groups is 2. The van der Waals surface area contributed by atoms with Gasteiger partial charge in [-0.05, 0) is 37.0 Å². The lowest BCUT2D eigenvalue weighted by atomic mass is 9.56. The zero-order chi connectivity index (χ0) is 25.6. The predicted molar refractivity (Wildman–Crippen MR) is 133 cm³/mol. The fourth-order valence-corrected chi connectivity index (χ4v) is 7.66. The number of allylic oxidation sites excluding steroid dienone is 2. The summed E-state index contributed by atoms with van der Waals surface area (Å²) in [6, 6.07) is 15.2. The van der Waals surface area contributed by atoms with Crippen LogP contribution in [-0.2, 0) is 19.2 Å². The molecule has 4 amide bonds. The highest BCUT2D eigenvalue weighted by Crippen LogP contribution is 2.66. The molecule has 9 heteroatoms. The van der Waals surface area contributed by atoms with Crippen LogP contribution in [0.1, 0.15) is 24.3 Å². The van der Waals surface area contributed by atoms with Crippen molar-refractivity contribution in [3.05, 3.63) is 71.8 Å². The monoisotopic (exact) mass is 524 g/mol. The highest BCUT2D eigenvalue weighted by Gasteiger charge is 2.76. The molecule has 184 valence electrons. The number of phenolic OH excluding ortho intramolecular Hbond substituents is 1. The molecule has 0 spiro atoms. The van der Waals surface area contributed by atoms with E-state index in [1.165, 1.54) is 18.0 Å². The van der Waals surface area contributed by atoms with Gasteiger partial charge in [0, 0.05) is 18.5 Å². The van der Waals surface area contributed by atoms with Crippen LogP contribution in [0.3, 0.4) is 0 Å². The molecular formula is C27H22Cl2N2O5. The molecule has 2 heterocycles. The number of aromatic hydroxyl groups is 1. The number of hydrogen-bond acceptors (Lipinski definition) is 5. The van der Waals surface area contributed by atoms with Crippen molar-refractivity contribution in [2.75, 3.05) is 11.9 Å². The number of anilines is 1. The van der Waals surface area contributed by atoms with Crippen molar-refractivity contribution < 1.29 is 24.3 Å². The van der Waals surface area contributed by atoms with Gasteiger partial charge in [-0.25, -0.2) is 0 Å². The van der Waals surface area contributed by atoms with Gasteiger partial charge in [0.2, 0.25) is 11.8 Å². The van der Waals surface area contributed by atoms with E-state index in [9.17, 15) is 24.3 Å². The molecule has 6 atom stereocenters. The second-order valence-electron chi connectivity index (χ2n) is 9.90. The number of phenols is 1. The first-order valence-corrected chi connectivity index (χ1v) is 12.5. The highest BCUT2D eigenvalue weighted by molar-refractivity contribution is 6.53. The Morgan fingerprint density at radius 1 is 0.889 bits per heavy atom. The number of likely N-dealkylation sites (tertiary alicyclic amines) is 1. The molecule has 1 N–H and O–H groups in total. The van der Waals surface area contributed by atoms with Gasteiger partial charge in [-0.1, -0.05) is 48.0 Å². The molecule has 2 saturated heterocycles. The minimum atomic E-state index is -1.90. The molecule has 0 aromatic heterocycles. The highest BCUT2D eigenvalue weighted by atomic mass is 35.5. The molecular weight excluding hydrogens is 503 g/mol. The van der Waals surface area contributed by atoms with Crippen LogP contribution < -0.4 is 4.90 Å². The summed E-state index contributed by atoms with van der Waals surface area (Å²) in [5.41, 5.74) is 1.48. The quantitative estimate of drug-likeness (QED) is 0.368. The van der Waals surface area contributed by atoms with E-state index in [0.29, 0.717) is 16.8 Å². The maximum absolute atomic E-state index is 13.8. The normalized spacial score (nSPS) is 35.5. The molecule has 2 aliphatic carbocycles. The van der Waals surface area contributed by atoms with E-state index >= 15 is 0 Å². The van der Waals surface area contributed by atoms with Gasteiger partial charge in [-0.2, -0.15) is 0 Å². The van der Waals surface area contributed by atoms with Crippen molar-refractivity contribution >= 4 is 52.5 Å². The van der Waals surface area contributed by atoms with Crippen molar-refractivity contribution in [2.24, 2.45) is 17.8 Å².